The topological polar surface area (TPSA) is 85.9 Å². The number of ether oxygens (including phenoxy) is 1. The molecule has 1 saturated heterocycles. The molecule has 7 heteroatoms. The molecule has 0 atom stereocenters. The van der Waals surface area contributed by atoms with Crippen molar-refractivity contribution in [1.82, 2.24) is 20.9 Å². The maximum atomic E-state index is 12.6. The van der Waals surface area contributed by atoms with Crippen LogP contribution in [0.25, 0.3) is 0 Å². The molecule has 0 unspecified atom stereocenters. The molecule has 2 saturated carbocycles. The molecular weight excluding hydrogens is 368 g/mol. The lowest BCUT2D eigenvalue weighted by Crippen LogP contribution is -2.63. The molecule has 7 nitrogen and oxygen atoms in total. The molecule has 1 heterocycles. The van der Waals surface area contributed by atoms with E-state index >= 15 is 0 Å². The average molecular weight is 411 g/mol. The summed E-state index contributed by atoms with van der Waals surface area (Å²) in [5.74, 6) is 1.87. The average Bonchev–Trinajstić information content (AvgIpc) is 2.78. The number of carbonyl (C=O) groups excluding carboxylic acids is 1. The maximum Gasteiger partial charge on any atom is 0.225 e. The van der Waals surface area contributed by atoms with Gasteiger partial charge in [-0.25, -0.2) is 0 Å². The van der Waals surface area contributed by atoms with Crippen molar-refractivity contribution >= 4 is 5.91 Å². The van der Waals surface area contributed by atoms with E-state index in [0.717, 1.165) is 44.7 Å². The van der Waals surface area contributed by atoms with Gasteiger partial charge in [-0.2, -0.15) is 0 Å². The second kappa shape index (κ2) is 11.6. The highest BCUT2D eigenvalue weighted by molar-refractivity contribution is 5.78. The SMILES string of the molecule is CCN(CCO)C(=O)C1CCC(NC2NCC(C3CCC(OC)CC3)CN2)CC1. The van der Waals surface area contributed by atoms with Crippen LogP contribution in [0.15, 0.2) is 0 Å². The Bertz CT molecular complexity index is 482. The minimum atomic E-state index is 0.0459. The van der Waals surface area contributed by atoms with E-state index in [1.54, 1.807) is 4.90 Å². The van der Waals surface area contributed by atoms with Crippen LogP contribution >= 0.6 is 0 Å². The summed E-state index contributed by atoms with van der Waals surface area (Å²) in [5, 5.41) is 20.2. The Labute approximate surface area is 176 Å². The molecule has 3 aliphatic rings. The van der Waals surface area contributed by atoms with E-state index in [1.807, 2.05) is 14.0 Å². The Kier molecular flexibility index (Phi) is 9.18. The van der Waals surface area contributed by atoms with E-state index in [2.05, 4.69) is 16.0 Å². The number of hydrogen-bond acceptors (Lipinski definition) is 6. The van der Waals surface area contributed by atoms with E-state index in [9.17, 15) is 4.79 Å². The van der Waals surface area contributed by atoms with Gasteiger partial charge in [0.25, 0.3) is 0 Å². The fraction of sp³-hybridized carbons (Fsp3) is 0.955. The smallest absolute Gasteiger partial charge is 0.225 e. The standard InChI is InChI=1S/C22H42N4O3/c1-3-26(12-13-27)21(28)17-4-8-19(9-5-17)25-22-23-14-18(15-24-22)16-6-10-20(29-2)11-7-16/h16-20,22-25,27H,3-15H2,1-2H3. The quantitative estimate of drug-likeness (QED) is 0.482. The molecule has 4 N–H and O–H groups in total. The minimum absolute atomic E-state index is 0.0459. The van der Waals surface area contributed by atoms with E-state index in [-0.39, 0.29) is 24.7 Å². The first-order valence-electron chi connectivity index (χ1n) is 11.8. The largest absolute Gasteiger partial charge is 0.395 e. The van der Waals surface area contributed by atoms with Crippen LogP contribution in [0.1, 0.15) is 58.3 Å². The van der Waals surface area contributed by atoms with Crippen molar-refractivity contribution in [3.63, 3.8) is 0 Å². The van der Waals surface area contributed by atoms with Crippen LogP contribution in [0.3, 0.4) is 0 Å². The van der Waals surface area contributed by atoms with E-state index in [1.165, 1.54) is 25.7 Å². The summed E-state index contributed by atoms with van der Waals surface area (Å²) in [7, 11) is 1.84. The molecule has 1 amide bonds. The number of amides is 1. The molecule has 2 aliphatic carbocycles. The molecule has 0 radical (unpaired) electrons. The van der Waals surface area contributed by atoms with E-state index < -0.39 is 0 Å². The number of nitrogens with one attached hydrogen (secondary N) is 3. The van der Waals surface area contributed by atoms with Crippen molar-refractivity contribution in [2.45, 2.75) is 76.7 Å². The molecular formula is C22H42N4O3. The van der Waals surface area contributed by atoms with E-state index in [0.29, 0.717) is 31.2 Å². The van der Waals surface area contributed by atoms with Crippen LogP contribution < -0.4 is 16.0 Å². The van der Waals surface area contributed by atoms with Crippen molar-refractivity contribution in [2.75, 3.05) is 39.9 Å². The molecule has 168 valence electrons. The van der Waals surface area contributed by atoms with Gasteiger partial charge in [0.1, 0.15) is 6.29 Å². The van der Waals surface area contributed by atoms with Crippen LogP contribution in [0.4, 0.5) is 0 Å². The normalized spacial score (nSPS) is 36.0. The highest BCUT2D eigenvalue weighted by atomic mass is 16.5. The minimum Gasteiger partial charge on any atom is -0.395 e. The Hall–Kier alpha value is -0.730. The molecule has 0 aromatic carbocycles. The molecule has 0 bridgehead atoms. The zero-order valence-corrected chi connectivity index (χ0v) is 18.4. The summed E-state index contributed by atoms with van der Waals surface area (Å²) in [6.45, 7) is 5.32. The Morgan fingerprint density at radius 3 is 2.24 bits per heavy atom. The van der Waals surface area contributed by atoms with Gasteiger partial charge in [-0.05, 0) is 70.1 Å². The number of methoxy groups -OCH3 is 1. The van der Waals surface area contributed by atoms with Crippen LogP contribution in [-0.2, 0) is 9.53 Å². The molecule has 3 rings (SSSR count). The van der Waals surface area contributed by atoms with Gasteiger partial charge >= 0.3 is 0 Å². The number of rotatable bonds is 8. The van der Waals surface area contributed by atoms with Crippen LogP contribution in [-0.4, -0.2) is 74.2 Å². The van der Waals surface area contributed by atoms with Crippen molar-refractivity contribution in [3.8, 4) is 0 Å². The van der Waals surface area contributed by atoms with Gasteiger partial charge in [0.05, 0.1) is 12.7 Å². The van der Waals surface area contributed by atoms with Gasteiger partial charge in [-0.1, -0.05) is 0 Å². The fourth-order valence-corrected chi connectivity index (χ4v) is 5.48. The van der Waals surface area contributed by atoms with Gasteiger partial charge in [-0.15, -0.1) is 0 Å². The molecule has 0 aromatic heterocycles. The van der Waals surface area contributed by atoms with Crippen LogP contribution in [0.5, 0.6) is 0 Å². The van der Waals surface area contributed by atoms with Gasteiger partial charge in [-0.3, -0.25) is 20.7 Å². The lowest BCUT2D eigenvalue weighted by molar-refractivity contribution is -0.137. The Morgan fingerprint density at radius 2 is 1.69 bits per heavy atom. The molecule has 1 aliphatic heterocycles. The molecule has 29 heavy (non-hydrogen) atoms. The summed E-state index contributed by atoms with van der Waals surface area (Å²) < 4.78 is 5.51. The third-order valence-corrected chi connectivity index (χ3v) is 7.43. The van der Waals surface area contributed by atoms with Crippen molar-refractivity contribution in [2.24, 2.45) is 17.8 Å². The first-order chi connectivity index (χ1) is 14.1. The number of aliphatic hydroxyl groups excluding tert-OH is 1. The Morgan fingerprint density at radius 1 is 1.03 bits per heavy atom. The second-order valence-corrected chi connectivity index (χ2v) is 9.14. The predicted molar refractivity (Wildman–Crippen MR) is 114 cm³/mol. The second-order valence-electron chi connectivity index (χ2n) is 9.14. The zero-order valence-electron chi connectivity index (χ0n) is 18.4. The third kappa shape index (κ3) is 6.37. The maximum absolute atomic E-state index is 12.6. The van der Waals surface area contributed by atoms with Crippen molar-refractivity contribution in [3.05, 3.63) is 0 Å². The van der Waals surface area contributed by atoms with Crippen molar-refractivity contribution < 1.29 is 14.6 Å². The van der Waals surface area contributed by atoms with Crippen LogP contribution in [0, 0.1) is 17.8 Å². The Balaban J connectivity index is 1.34. The lowest BCUT2D eigenvalue weighted by atomic mass is 9.78. The summed E-state index contributed by atoms with van der Waals surface area (Å²) in [4.78, 5) is 14.4. The summed E-state index contributed by atoms with van der Waals surface area (Å²) in [5.41, 5.74) is 0. The molecule has 0 aromatic rings. The number of aliphatic hydroxyl groups is 1. The summed E-state index contributed by atoms with van der Waals surface area (Å²) in [6.07, 6.45) is 9.59. The fourth-order valence-electron chi connectivity index (χ4n) is 5.48. The predicted octanol–water partition coefficient (Wildman–Crippen LogP) is 1.27. The van der Waals surface area contributed by atoms with Crippen molar-refractivity contribution in [1.29, 1.82) is 0 Å². The van der Waals surface area contributed by atoms with Crippen LogP contribution in [0.2, 0.25) is 0 Å². The highest BCUT2D eigenvalue weighted by Crippen LogP contribution is 2.32. The monoisotopic (exact) mass is 410 g/mol. The number of nitrogens with zero attached hydrogens (tertiary/aromatic N) is 1. The van der Waals surface area contributed by atoms with Gasteiger partial charge in [0.2, 0.25) is 5.91 Å². The van der Waals surface area contributed by atoms with Gasteiger partial charge in [0.15, 0.2) is 0 Å². The number of carbonyl (C=O) groups is 1. The third-order valence-electron chi connectivity index (χ3n) is 7.43. The lowest BCUT2D eigenvalue weighted by Gasteiger charge is -2.40. The van der Waals surface area contributed by atoms with Gasteiger partial charge < -0.3 is 14.7 Å². The molecule has 0 spiro atoms. The summed E-state index contributed by atoms with van der Waals surface area (Å²) in [6, 6.07) is 0.464. The highest BCUT2D eigenvalue weighted by Gasteiger charge is 2.33. The summed E-state index contributed by atoms with van der Waals surface area (Å²) >= 11 is 0. The van der Waals surface area contributed by atoms with E-state index in [4.69, 9.17) is 9.84 Å². The van der Waals surface area contributed by atoms with Gasteiger partial charge in [0, 0.05) is 45.2 Å². The molecule has 3 fully saturated rings. The first-order valence-corrected chi connectivity index (χ1v) is 11.8. The zero-order chi connectivity index (χ0) is 20.6. The number of hydrogen-bond donors (Lipinski definition) is 4. The number of likely N-dealkylation sites (N-methyl/N-ethyl adjacent to an activating group) is 1. The first kappa shape index (κ1) is 22.9.